The molecule has 0 radical (unpaired) electrons. The van der Waals surface area contributed by atoms with Crippen molar-refractivity contribution in [2.45, 2.75) is 24.9 Å². The van der Waals surface area contributed by atoms with Gasteiger partial charge in [-0.25, -0.2) is 9.97 Å². The first-order valence-electron chi connectivity index (χ1n) is 10.0. The quantitative estimate of drug-likeness (QED) is 0.581. The van der Waals surface area contributed by atoms with Crippen molar-refractivity contribution < 1.29 is 9.84 Å². The SMILES string of the molecule is O=c1cc(-c2ccnc(NC3CCOCC3)n2)ccn1C(CO)c1ccc(Cl)c(Cl)c1. The third kappa shape index (κ3) is 5.07. The van der Waals surface area contributed by atoms with Gasteiger partial charge in [-0.2, -0.15) is 0 Å². The Kier molecular flexibility index (Phi) is 6.87. The number of rotatable bonds is 6. The maximum Gasteiger partial charge on any atom is 0.251 e. The zero-order valence-corrected chi connectivity index (χ0v) is 18.2. The summed E-state index contributed by atoms with van der Waals surface area (Å²) in [5.41, 5.74) is 1.74. The van der Waals surface area contributed by atoms with E-state index in [1.807, 2.05) is 0 Å². The lowest BCUT2D eigenvalue weighted by Crippen LogP contribution is -2.28. The number of nitrogens with one attached hydrogen (secondary N) is 1. The molecular formula is C22H22Cl2N4O3. The Labute approximate surface area is 189 Å². The fourth-order valence-corrected chi connectivity index (χ4v) is 3.90. The fourth-order valence-electron chi connectivity index (χ4n) is 3.59. The van der Waals surface area contributed by atoms with Gasteiger partial charge < -0.3 is 19.7 Å². The van der Waals surface area contributed by atoms with Gasteiger partial charge in [0.25, 0.3) is 5.56 Å². The first-order chi connectivity index (χ1) is 15.0. The van der Waals surface area contributed by atoms with E-state index in [1.165, 1.54) is 10.6 Å². The first-order valence-corrected chi connectivity index (χ1v) is 10.8. The monoisotopic (exact) mass is 460 g/mol. The van der Waals surface area contributed by atoms with E-state index in [0.717, 1.165) is 26.1 Å². The number of hydrogen-bond donors (Lipinski definition) is 2. The molecule has 9 heteroatoms. The highest BCUT2D eigenvalue weighted by molar-refractivity contribution is 6.42. The molecule has 1 aliphatic heterocycles. The maximum atomic E-state index is 12.9. The Morgan fingerprint density at radius 3 is 2.68 bits per heavy atom. The molecular weight excluding hydrogens is 439 g/mol. The van der Waals surface area contributed by atoms with Gasteiger partial charge in [-0.3, -0.25) is 4.79 Å². The largest absolute Gasteiger partial charge is 0.394 e. The highest BCUT2D eigenvalue weighted by atomic mass is 35.5. The summed E-state index contributed by atoms with van der Waals surface area (Å²) in [5, 5.41) is 14.0. The normalized spacial score (nSPS) is 15.6. The number of halogens is 2. The molecule has 0 bridgehead atoms. The van der Waals surface area contributed by atoms with Gasteiger partial charge in [0.15, 0.2) is 0 Å². The lowest BCUT2D eigenvalue weighted by molar-refractivity contribution is 0.0903. The molecule has 1 fully saturated rings. The van der Waals surface area contributed by atoms with Gasteiger partial charge >= 0.3 is 0 Å². The fraction of sp³-hybridized carbons (Fsp3) is 0.318. The van der Waals surface area contributed by atoms with E-state index in [-0.39, 0.29) is 18.2 Å². The first kappa shape index (κ1) is 21.8. The van der Waals surface area contributed by atoms with Crippen LogP contribution in [0.3, 0.4) is 0 Å². The van der Waals surface area contributed by atoms with Gasteiger partial charge in [-0.05, 0) is 42.7 Å². The topological polar surface area (TPSA) is 89.3 Å². The molecule has 1 saturated heterocycles. The molecule has 4 rings (SSSR count). The predicted octanol–water partition coefficient (Wildman–Crippen LogP) is 3.78. The highest BCUT2D eigenvalue weighted by Gasteiger charge is 2.17. The minimum Gasteiger partial charge on any atom is -0.394 e. The summed E-state index contributed by atoms with van der Waals surface area (Å²) < 4.78 is 6.84. The van der Waals surface area contributed by atoms with Crippen molar-refractivity contribution in [1.82, 2.24) is 14.5 Å². The minimum absolute atomic E-state index is 0.260. The van der Waals surface area contributed by atoms with E-state index in [9.17, 15) is 9.90 Å². The van der Waals surface area contributed by atoms with Crippen LogP contribution in [0.15, 0.2) is 53.6 Å². The van der Waals surface area contributed by atoms with Crippen LogP contribution in [0.2, 0.25) is 10.0 Å². The van der Waals surface area contributed by atoms with Gasteiger partial charge in [0, 0.05) is 43.3 Å². The van der Waals surface area contributed by atoms with Gasteiger partial charge in [-0.15, -0.1) is 0 Å². The van der Waals surface area contributed by atoms with Crippen molar-refractivity contribution in [1.29, 1.82) is 0 Å². The van der Waals surface area contributed by atoms with Gasteiger partial charge in [0.05, 0.1) is 28.4 Å². The van der Waals surface area contributed by atoms with Crippen LogP contribution in [0.1, 0.15) is 24.4 Å². The Hall–Kier alpha value is -2.45. The van der Waals surface area contributed by atoms with E-state index in [4.69, 9.17) is 27.9 Å². The van der Waals surface area contributed by atoms with Crippen molar-refractivity contribution in [3.05, 3.63) is 74.8 Å². The van der Waals surface area contributed by atoms with E-state index in [1.54, 1.807) is 42.7 Å². The summed E-state index contributed by atoms with van der Waals surface area (Å²) in [4.78, 5) is 21.7. The molecule has 3 heterocycles. The Balaban J connectivity index is 1.59. The number of anilines is 1. The van der Waals surface area contributed by atoms with E-state index < -0.39 is 6.04 Å². The molecule has 1 aromatic carbocycles. The molecule has 3 aromatic rings. The second-order valence-corrected chi connectivity index (χ2v) is 8.14. The number of aliphatic hydroxyl groups excluding tert-OH is 1. The van der Waals surface area contributed by atoms with Crippen LogP contribution in [0.4, 0.5) is 5.95 Å². The summed E-state index contributed by atoms with van der Waals surface area (Å²) in [6, 6.07) is 9.80. The number of benzene rings is 1. The number of ether oxygens (including phenoxy) is 1. The zero-order valence-electron chi connectivity index (χ0n) is 16.7. The zero-order chi connectivity index (χ0) is 21.8. The summed E-state index contributed by atoms with van der Waals surface area (Å²) in [5.74, 6) is 0.526. The van der Waals surface area contributed by atoms with E-state index in [0.29, 0.717) is 32.8 Å². The number of nitrogens with zero attached hydrogens (tertiary/aromatic N) is 3. The lowest BCUT2D eigenvalue weighted by atomic mass is 10.1. The average molecular weight is 461 g/mol. The molecule has 1 atom stereocenters. The summed E-state index contributed by atoms with van der Waals surface area (Å²) in [7, 11) is 0. The Bertz CT molecular complexity index is 1120. The molecule has 31 heavy (non-hydrogen) atoms. The summed E-state index contributed by atoms with van der Waals surface area (Å²) in [6.45, 7) is 1.19. The standard InChI is InChI=1S/C22H22Cl2N4O3/c23-17-2-1-15(11-18(17)24)20(13-29)28-8-4-14(12-21(28)30)19-3-7-25-22(27-19)26-16-5-9-31-10-6-16/h1-4,7-8,11-12,16,20,29H,5-6,9-10,13H2,(H,25,26,27). The van der Waals surface area contributed by atoms with Gasteiger partial charge in [0.2, 0.25) is 5.95 Å². The van der Waals surface area contributed by atoms with Gasteiger partial charge in [-0.1, -0.05) is 29.3 Å². The van der Waals surface area contributed by atoms with Crippen LogP contribution in [0, 0.1) is 0 Å². The van der Waals surface area contributed by atoms with Crippen LogP contribution < -0.4 is 10.9 Å². The summed E-state index contributed by atoms with van der Waals surface area (Å²) >= 11 is 12.1. The molecule has 0 spiro atoms. The average Bonchev–Trinajstić information content (AvgIpc) is 2.78. The number of aliphatic hydroxyl groups is 1. The van der Waals surface area contributed by atoms with Crippen LogP contribution in [0.5, 0.6) is 0 Å². The second-order valence-electron chi connectivity index (χ2n) is 7.33. The highest BCUT2D eigenvalue weighted by Crippen LogP contribution is 2.27. The van der Waals surface area contributed by atoms with Crippen molar-refractivity contribution in [2.24, 2.45) is 0 Å². The minimum atomic E-state index is -0.576. The molecule has 2 N–H and O–H groups in total. The molecule has 1 aliphatic rings. The maximum absolute atomic E-state index is 12.9. The van der Waals surface area contributed by atoms with E-state index in [2.05, 4.69) is 15.3 Å². The lowest BCUT2D eigenvalue weighted by Gasteiger charge is -2.23. The Morgan fingerprint density at radius 2 is 1.97 bits per heavy atom. The number of hydrogen-bond acceptors (Lipinski definition) is 6. The molecule has 162 valence electrons. The van der Waals surface area contributed by atoms with Crippen LogP contribution in [0.25, 0.3) is 11.3 Å². The van der Waals surface area contributed by atoms with Crippen LogP contribution >= 0.6 is 23.2 Å². The third-order valence-electron chi connectivity index (χ3n) is 5.29. The third-order valence-corrected chi connectivity index (χ3v) is 6.03. The van der Waals surface area contributed by atoms with E-state index >= 15 is 0 Å². The molecule has 0 amide bonds. The van der Waals surface area contributed by atoms with Gasteiger partial charge in [0.1, 0.15) is 0 Å². The molecule has 1 unspecified atom stereocenters. The van der Waals surface area contributed by atoms with Crippen molar-refractivity contribution >= 4 is 29.2 Å². The predicted molar refractivity (Wildman–Crippen MR) is 121 cm³/mol. The molecule has 0 aliphatic carbocycles. The number of pyridine rings is 1. The number of aromatic nitrogens is 3. The van der Waals surface area contributed by atoms with Crippen molar-refractivity contribution in [2.75, 3.05) is 25.1 Å². The molecule has 2 aromatic heterocycles. The summed E-state index contributed by atoms with van der Waals surface area (Å²) in [6.07, 6.45) is 5.12. The molecule has 7 nitrogen and oxygen atoms in total. The Morgan fingerprint density at radius 1 is 1.16 bits per heavy atom. The van der Waals surface area contributed by atoms with Crippen LogP contribution in [-0.4, -0.2) is 45.5 Å². The van der Waals surface area contributed by atoms with Crippen molar-refractivity contribution in [3.8, 4) is 11.3 Å². The second kappa shape index (κ2) is 9.78. The smallest absolute Gasteiger partial charge is 0.251 e. The molecule has 0 saturated carbocycles. The van der Waals surface area contributed by atoms with Crippen molar-refractivity contribution in [3.63, 3.8) is 0 Å². The van der Waals surface area contributed by atoms with Crippen LogP contribution in [-0.2, 0) is 4.74 Å².